The predicted octanol–water partition coefficient (Wildman–Crippen LogP) is 4.61. The summed E-state index contributed by atoms with van der Waals surface area (Å²) in [6.45, 7) is 2.06. The van der Waals surface area contributed by atoms with Crippen LogP contribution in [0.15, 0.2) is 12.1 Å². The van der Waals surface area contributed by atoms with E-state index in [1.165, 1.54) is 30.4 Å². The SMILES string of the molecule is Cc1cc(Cl)cc2sc(NC3CCCC3)nc12. The van der Waals surface area contributed by atoms with Crippen molar-refractivity contribution < 1.29 is 0 Å². The van der Waals surface area contributed by atoms with E-state index in [1.54, 1.807) is 11.3 Å². The molecule has 90 valence electrons. The van der Waals surface area contributed by atoms with Gasteiger partial charge < -0.3 is 5.32 Å². The number of halogens is 1. The summed E-state index contributed by atoms with van der Waals surface area (Å²) in [6, 6.07) is 4.59. The second-order valence-electron chi connectivity index (χ2n) is 4.71. The first-order chi connectivity index (χ1) is 8.22. The molecule has 2 nitrogen and oxygen atoms in total. The van der Waals surface area contributed by atoms with Crippen LogP contribution in [0.3, 0.4) is 0 Å². The lowest BCUT2D eigenvalue weighted by molar-refractivity contribution is 0.754. The average Bonchev–Trinajstić information content (AvgIpc) is 2.87. The summed E-state index contributed by atoms with van der Waals surface area (Å²) in [5, 5.41) is 5.38. The monoisotopic (exact) mass is 266 g/mol. The number of thiazole rings is 1. The normalized spacial score (nSPS) is 16.8. The van der Waals surface area contributed by atoms with E-state index in [-0.39, 0.29) is 0 Å². The molecular formula is C13H15ClN2S. The van der Waals surface area contributed by atoms with Gasteiger partial charge in [0.05, 0.1) is 10.2 Å². The van der Waals surface area contributed by atoms with Crippen molar-refractivity contribution in [3.05, 3.63) is 22.7 Å². The molecule has 1 aromatic carbocycles. The highest BCUT2D eigenvalue weighted by atomic mass is 35.5. The Balaban J connectivity index is 1.93. The highest BCUT2D eigenvalue weighted by Crippen LogP contribution is 2.32. The van der Waals surface area contributed by atoms with Gasteiger partial charge in [0.25, 0.3) is 0 Å². The van der Waals surface area contributed by atoms with Crippen LogP contribution < -0.4 is 5.32 Å². The molecule has 0 saturated heterocycles. The Morgan fingerprint density at radius 2 is 2.12 bits per heavy atom. The van der Waals surface area contributed by atoms with Gasteiger partial charge in [0, 0.05) is 11.1 Å². The molecule has 0 radical (unpaired) electrons. The largest absolute Gasteiger partial charge is 0.359 e. The molecule has 1 aromatic heterocycles. The van der Waals surface area contributed by atoms with Gasteiger partial charge in [-0.1, -0.05) is 35.8 Å². The lowest BCUT2D eigenvalue weighted by Gasteiger charge is -2.09. The molecule has 2 aromatic rings. The molecule has 1 N–H and O–H groups in total. The van der Waals surface area contributed by atoms with Gasteiger partial charge >= 0.3 is 0 Å². The van der Waals surface area contributed by atoms with Crippen molar-refractivity contribution in [2.45, 2.75) is 38.6 Å². The highest BCUT2D eigenvalue weighted by Gasteiger charge is 2.16. The Kier molecular flexibility index (Phi) is 2.97. The van der Waals surface area contributed by atoms with Gasteiger partial charge in [-0.15, -0.1) is 0 Å². The number of aryl methyl sites for hydroxylation is 1. The molecule has 1 aliphatic carbocycles. The first-order valence-electron chi connectivity index (χ1n) is 6.05. The minimum absolute atomic E-state index is 0.617. The second-order valence-corrected chi connectivity index (χ2v) is 6.18. The van der Waals surface area contributed by atoms with Crippen LogP contribution in [0.25, 0.3) is 10.2 Å². The molecule has 0 atom stereocenters. The molecule has 4 heteroatoms. The molecule has 1 heterocycles. The average molecular weight is 267 g/mol. The standard InChI is InChI=1S/C13H15ClN2S/c1-8-6-9(14)7-11-12(8)16-13(17-11)15-10-4-2-3-5-10/h6-7,10H,2-5H2,1H3,(H,15,16). The fourth-order valence-electron chi connectivity index (χ4n) is 2.46. The molecule has 17 heavy (non-hydrogen) atoms. The number of hydrogen-bond acceptors (Lipinski definition) is 3. The molecule has 3 rings (SSSR count). The summed E-state index contributed by atoms with van der Waals surface area (Å²) in [5.41, 5.74) is 2.24. The third kappa shape index (κ3) is 2.26. The number of anilines is 1. The Morgan fingerprint density at radius 3 is 2.88 bits per heavy atom. The van der Waals surface area contributed by atoms with E-state index in [0.29, 0.717) is 6.04 Å². The van der Waals surface area contributed by atoms with Crippen LogP contribution in [-0.4, -0.2) is 11.0 Å². The van der Waals surface area contributed by atoms with Gasteiger partial charge in [0.15, 0.2) is 5.13 Å². The van der Waals surface area contributed by atoms with Gasteiger partial charge in [-0.25, -0.2) is 4.98 Å². The summed E-state index contributed by atoms with van der Waals surface area (Å²) in [6.07, 6.45) is 5.23. The van der Waals surface area contributed by atoms with Crippen molar-refractivity contribution >= 4 is 38.3 Å². The summed E-state index contributed by atoms with van der Waals surface area (Å²) in [4.78, 5) is 4.67. The van der Waals surface area contributed by atoms with Gasteiger partial charge in [-0.2, -0.15) is 0 Å². The summed E-state index contributed by atoms with van der Waals surface area (Å²) in [7, 11) is 0. The van der Waals surface area contributed by atoms with Crippen molar-refractivity contribution in [1.29, 1.82) is 0 Å². The van der Waals surface area contributed by atoms with Crippen LogP contribution in [-0.2, 0) is 0 Å². The lowest BCUT2D eigenvalue weighted by Crippen LogP contribution is -2.13. The van der Waals surface area contributed by atoms with Crippen LogP contribution in [0.4, 0.5) is 5.13 Å². The first kappa shape index (κ1) is 11.3. The summed E-state index contributed by atoms with van der Waals surface area (Å²) >= 11 is 7.77. The minimum Gasteiger partial charge on any atom is -0.359 e. The number of benzene rings is 1. The molecule has 0 bridgehead atoms. The van der Waals surface area contributed by atoms with E-state index in [1.807, 2.05) is 12.1 Å². The van der Waals surface area contributed by atoms with E-state index >= 15 is 0 Å². The van der Waals surface area contributed by atoms with Crippen molar-refractivity contribution in [2.75, 3.05) is 5.32 Å². The lowest BCUT2D eigenvalue weighted by atomic mass is 10.2. The number of aromatic nitrogens is 1. The molecule has 0 amide bonds. The van der Waals surface area contributed by atoms with Crippen LogP contribution in [0.2, 0.25) is 5.02 Å². The Hall–Kier alpha value is -0.800. The van der Waals surface area contributed by atoms with Crippen molar-refractivity contribution in [1.82, 2.24) is 4.98 Å². The second kappa shape index (κ2) is 4.46. The van der Waals surface area contributed by atoms with Gasteiger partial charge in [0.2, 0.25) is 0 Å². The maximum absolute atomic E-state index is 6.06. The summed E-state index contributed by atoms with van der Waals surface area (Å²) < 4.78 is 1.18. The Bertz CT molecular complexity index is 544. The molecule has 0 spiro atoms. The number of fused-ring (bicyclic) bond motifs is 1. The number of nitrogens with one attached hydrogen (secondary N) is 1. The number of rotatable bonds is 2. The molecular weight excluding hydrogens is 252 g/mol. The van der Waals surface area contributed by atoms with Crippen LogP contribution in [0.1, 0.15) is 31.2 Å². The van der Waals surface area contributed by atoms with Crippen LogP contribution in [0.5, 0.6) is 0 Å². The molecule has 0 aliphatic heterocycles. The Labute approximate surface area is 110 Å². The van der Waals surface area contributed by atoms with Gasteiger partial charge in [-0.05, 0) is 37.5 Å². The minimum atomic E-state index is 0.617. The van der Waals surface area contributed by atoms with Crippen LogP contribution >= 0.6 is 22.9 Å². The quantitative estimate of drug-likeness (QED) is 0.858. The van der Waals surface area contributed by atoms with E-state index in [4.69, 9.17) is 11.6 Å². The number of nitrogens with zero attached hydrogens (tertiary/aromatic N) is 1. The predicted molar refractivity (Wildman–Crippen MR) is 75.2 cm³/mol. The van der Waals surface area contributed by atoms with Gasteiger partial charge in [0.1, 0.15) is 0 Å². The third-order valence-corrected chi connectivity index (χ3v) is 4.48. The fraction of sp³-hybridized carbons (Fsp3) is 0.462. The van der Waals surface area contributed by atoms with Crippen LogP contribution in [0, 0.1) is 6.92 Å². The smallest absolute Gasteiger partial charge is 0.184 e. The topological polar surface area (TPSA) is 24.9 Å². The molecule has 1 fully saturated rings. The van der Waals surface area contributed by atoms with Crippen molar-refractivity contribution in [3.63, 3.8) is 0 Å². The first-order valence-corrected chi connectivity index (χ1v) is 7.25. The zero-order chi connectivity index (χ0) is 11.8. The zero-order valence-corrected chi connectivity index (χ0v) is 11.4. The van der Waals surface area contributed by atoms with E-state index < -0.39 is 0 Å². The maximum atomic E-state index is 6.06. The zero-order valence-electron chi connectivity index (χ0n) is 9.79. The molecule has 1 aliphatic rings. The Morgan fingerprint density at radius 1 is 1.35 bits per heavy atom. The molecule has 1 saturated carbocycles. The van der Waals surface area contributed by atoms with Crippen molar-refractivity contribution in [3.8, 4) is 0 Å². The highest BCUT2D eigenvalue weighted by molar-refractivity contribution is 7.22. The fourth-order valence-corrected chi connectivity index (χ4v) is 3.86. The molecule has 0 unspecified atom stereocenters. The van der Waals surface area contributed by atoms with Crippen molar-refractivity contribution in [2.24, 2.45) is 0 Å². The summed E-state index contributed by atoms with van der Waals surface area (Å²) in [5.74, 6) is 0. The van der Waals surface area contributed by atoms with E-state index in [2.05, 4.69) is 17.2 Å². The maximum Gasteiger partial charge on any atom is 0.184 e. The van der Waals surface area contributed by atoms with Gasteiger partial charge in [-0.3, -0.25) is 0 Å². The van der Waals surface area contributed by atoms with E-state index in [9.17, 15) is 0 Å². The van der Waals surface area contributed by atoms with E-state index in [0.717, 1.165) is 21.2 Å². The third-order valence-electron chi connectivity index (χ3n) is 3.33. The number of hydrogen-bond donors (Lipinski definition) is 1.